The molecule has 0 saturated heterocycles. The molecular formula is C54H105O6PS3. The van der Waals surface area contributed by atoms with Crippen molar-refractivity contribution in [3.8, 4) is 0 Å². The standard InChI is InChI=1S/3C18H34OS.H3O3P/c3*1-2-3-4-5-6-7-8-9-10-11-12-13-14-15-16-17-18(19)20;1-4(2)3/h3*6-7,9-10,18-20H,2-5,8,11-17H2,1H3;1-3H/b3*7-6-,10-9-;. The lowest BCUT2D eigenvalue weighted by molar-refractivity contribution is 0.249. The molecule has 0 aliphatic rings. The lowest BCUT2D eigenvalue weighted by Crippen LogP contribution is -1.94. The number of hydrogen-bond donors (Lipinski definition) is 9. The van der Waals surface area contributed by atoms with Crippen LogP contribution in [0.15, 0.2) is 72.9 Å². The van der Waals surface area contributed by atoms with Gasteiger partial charge in [-0.2, -0.15) is 0 Å². The van der Waals surface area contributed by atoms with Crippen LogP contribution in [0.2, 0.25) is 0 Å². The first kappa shape index (κ1) is 70.2. The zero-order valence-corrected chi connectivity index (χ0v) is 45.2. The van der Waals surface area contributed by atoms with Crippen molar-refractivity contribution in [2.24, 2.45) is 0 Å². The first-order valence-corrected chi connectivity index (χ1v) is 28.6. The molecule has 0 aromatic carbocycles. The molecule has 6 nitrogen and oxygen atoms in total. The van der Waals surface area contributed by atoms with E-state index in [4.69, 9.17) is 30.0 Å². The van der Waals surface area contributed by atoms with Gasteiger partial charge in [-0.3, -0.25) is 0 Å². The molecule has 0 aromatic rings. The quantitative estimate of drug-likeness (QED) is 0.00988. The van der Waals surface area contributed by atoms with Crippen molar-refractivity contribution < 1.29 is 30.0 Å². The maximum Gasteiger partial charge on any atom is 0.324 e. The van der Waals surface area contributed by atoms with Crippen molar-refractivity contribution in [1.82, 2.24) is 0 Å². The molecule has 0 aliphatic heterocycles. The third kappa shape index (κ3) is 88.4. The second kappa shape index (κ2) is 67.0. The molecule has 0 bridgehead atoms. The van der Waals surface area contributed by atoms with Gasteiger partial charge in [0, 0.05) is 0 Å². The van der Waals surface area contributed by atoms with Crippen LogP contribution in [0.25, 0.3) is 0 Å². The Labute approximate surface area is 415 Å². The number of thiol groups is 3. The number of hydrogen-bond acceptors (Lipinski definition) is 9. The van der Waals surface area contributed by atoms with E-state index in [1.807, 2.05) is 0 Å². The molecule has 0 spiro atoms. The minimum absolute atomic E-state index is 0.423. The zero-order chi connectivity index (χ0) is 48.3. The number of unbranched alkanes of at least 4 members (excludes halogenated alkanes) is 24. The molecule has 0 fully saturated rings. The summed E-state index contributed by atoms with van der Waals surface area (Å²) in [6.07, 6.45) is 71.3. The molecule has 0 rings (SSSR count). The van der Waals surface area contributed by atoms with Gasteiger partial charge in [-0.1, -0.05) is 209 Å². The van der Waals surface area contributed by atoms with Gasteiger partial charge in [0.2, 0.25) is 0 Å². The third-order valence-electron chi connectivity index (χ3n) is 10.2. The van der Waals surface area contributed by atoms with Gasteiger partial charge in [-0.15, -0.1) is 37.9 Å². The van der Waals surface area contributed by atoms with E-state index in [1.54, 1.807) is 0 Å². The van der Waals surface area contributed by atoms with Crippen molar-refractivity contribution in [2.75, 3.05) is 0 Å². The fraction of sp³-hybridized carbons (Fsp3) is 0.778. The highest BCUT2D eigenvalue weighted by Gasteiger charge is 1.98. The lowest BCUT2D eigenvalue weighted by atomic mass is 10.1. The van der Waals surface area contributed by atoms with Crippen molar-refractivity contribution in [3.05, 3.63) is 72.9 Å². The predicted molar refractivity (Wildman–Crippen MR) is 297 cm³/mol. The maximum atomic E-state index is 9.01. The van der Waals surface area contributed by atoms with E-state index >= 15 is 0 Å². The summed E-state index contributed by atoms with van der Waals surface area (Å²) >= 11 is 11.9. The van der Waals surface area contributed by atoms with Crippen molar-refractivity contribution in [2.45, 2.75) is 268 Å². The fourth-order valence-corrected chi connectivity index (χ4v) is 6.96. The van der Waals surface area contributed by atoms with Gasteiger partial charge in [0.15, 0.2) is 0 Å². The maximum absolute atomic E-state index is 9.01. The Hall–Kier alpha value is -0.320. The molecule has 0 heterocycles. The molecule has 3 atom stereocenters. The lowest BCUT2D eigenvalue weighted by Gasteiger charge is -2.02. The molecule has 0 saturated carbocycles. The van der Waals surface area contributed by atoms with Crippen LogP contribution in [0.5, 0.6) is 0 Å². The van der Waals surface area contributed by atoms with Crippen LogP contribution in [0.1, 0.15) is 252 Å². The summed E-state index contributed by atoms with van der Waals surface area (Å²) in [5, 5.41) is 27.0. The average molecular weight is 978 g/mol. The number of aliphatic hydroxyl groups is 3. The van der Waals surface area contributed by atoms with E-state index in [0.717, 1.165) is 57.8 Å². The predicted octanol–water partition coefficient (Wildman–Crippen LogP) is 17.3. The highest BCUT2D eigenvalue weighted by molar-refractivity contribution is 7.81. The van der Waals surface area contributed by atoms with E-state index < -0.39 is 24.9 Å². The zero-order valence-electron chi connectivity index (χ0n) is 41.6. The molecular weight excluding hydrogens is 872 g/mol. The number of aliphatic hydroxyl groups excluding tert-OH is 3. The highest BCUT2D eigenvalue weighted by Crippen LogP contribution is 2.14. The molecule has 380 valence electrons. The Bertz CT molecular complexity index is 880. The van der Waals surface area contributed by atoms with Gasteiger partial charge in [-0.25, -0.2) is 0 Å². The smallest absolute Gasteiger partial charge is 0.324 e. The van der Waals surface area contributed by atoms with E-state index in [0.29, 0.717) is 0 Å². The second-order valence-corrected chi connectivity index (χ2v) is 19.1. The summed E-state index contributed by atoms with van der Waals surface area (Å²) in [4.78, 5) is 21.7. The van der Waals surface area contributed by atoms with E-state index in [9.17, 15) is 0 Å². The van der Waals surface area contributed by atoms with E-state index in [-0.39, 0.29) is 0 Å². The van der Waals surface area contributed by atoms with Crippen LogP contribution >= 0.6 is 46.5 Å². The van der Waals surface area contributed by atoms with Crippen molar-refractivity contribution in [3.63, 3.8) is 0 Å². The van der Waals surface area contributed by atoms with Gasteiger partial charge in [0.1, 0.15) is 0 Å². The Balaban J connectivity index is -0.000000404. The van der Waals surface area contributed by atoms with Gasteiger partial charge < -0.3 is 30.0 Å². The molecule has 0 aromatic heterocycles. The molecule has 6 N–H and O–H groups in total. The first-order valence-electron chi connectivity index (χ1n) is 25.9. The van der Waals surface area contributed by atoms with Crippen LogP contribution in [-0.4, -0.2) is 46.3 Å². The minimum atomic E-state index is -2.62. The minimum Gasteiger partial charge on any atom is -0.383 e. The fourth-order valence-electron chi connectivity index (χ4n) is 6.42. The van der Waals surface area contributed by atoms with Crippen LogP contribution in [0, 0.1) is 0 Å². The summed E-state index contributed by atoms with van der Waals surface area (Å²) in [5.41, 5.74) is -1.27. The second-order valence-electron chi connectivity index (χ2n) is 16.8. The van der Waals surface area contributed by atoms with Crippen molar-refractivity contribution in [1.29, 1.82) is 0 Å². The van der Waals surface area contributed by atoms with Gasteiger partial charge in [-0.05, 0) is 116 Å². The Morgan fingerprint density at radius 2 is 0.469 bits per heavy atom. The van der Waals surface area contributed by atoms with Crippen LogP contribution in [-0.2, 0) is 0 Å². The number of rotatable bonds is 42. The monoisotopic (exact) mass is 977 g/mol. The molecule has 10 heteroatoms. The molecule has 0 radical (unpaired) electrons. The highest BCUT2D eigenvalue weighted by atomic mass is 32.1. The summed E-state index contributed by atoms with van der Waals surface area (Å²) in [6, 6.07) is 0. The van der Waals surface area contributed by atoms with Gasteiger partial charge in [0.05, 0.1) is 16.3 Å². The molecule has 0 aliphatic carbocycles. The summed E-state index contributed by atoms with van der Waals surface area (Å²) in [6.45, 7) is 6.74. The third-order valence-corrected chi connectivity index (χ3v) is 11.0. The summed E-state index contributed by atoms with van der Waals surface area (Å²) in [5.74, 6) is 0. The van der Waals surface area contributed by atoms with Crippen LogP contribution in [0.4, 0.5) is 0 Å². The van der Waals surface area contributed by atoms with Crippen LogP contribution < -0.4 is 0 Å². The topological polar surface area (TPSA) is 121 Å². The van der Waals surface area contributed by atoms with Gasteiger partial charge in [0.25, 0.3) is 0 Å². The van der Waals surface area contributed by atoms with Crippen LogP contribution in [0.3, 0.4) is 0 Å². The normalized spacial score (nSPS) is 13.3. The summed E-state index contributed by atoms with van der Waals surface area (Å²) in [7, 11) is -2.62. The molecule has 3 unspecified atom stereocenters. The average Bonchev–Trinajstić information content (AvgIpc) is 3.25. The Morgan fingerprint density at radius 1 is 0.297 bits per heavy atom. The van der Waals surface area contributed by atoms with E-state index in [1.165, 1.54) is 173 Å². The molecule has 64 heavy (non-hydrogen) atoms. The Kier molecular flexibility index (Phi) is 73.5. The van der Waals surface area contributed by atoms with Crippen molar-refractivity contribution >= 4 is 46.5 Å². The van der Waals surface area contributed by atoms with Gasteiger partial charge >= 0.3 is 8.60 Å². The summed E-state index contributed by atoms with van der Waals surface area (Å²) < 4.78 is 0. The van der Waals surface area contributed by atoms with E-state index in [2.05, 4.69) is 132 Å². The first-order chi connectivity index (χ1) is 31.0. The SMILES string of the molecule is CCCCC/C=C\C/C=C\CCCCCCCC(O)S.CCCCC/C=C\C/C=C\CCCCCCCC(O)S.CCCCC/C=C\C/C=C\CCCCCCCC(O)S.OP(O)O. The Morgan fingerprint density at radius 3 is 0.656 bits per heavy atom. The molecule has 0 amide bonds. The largest absolute Gasteiger partial charge is 0.383 e. The number of allylic oxidation sites excluding steroid dienone is 12.